The van der Waals surface area contributed by atoms with Crippen molar-refractivity contribution in [2.24, 2.45) is 5.73 Å². The molecule has 1 unspecified atom stereocenters. The number of likely N-dealkylation sites (tertiary alicyclic amines) is 1. The van der Waals surface area contributed by atoms with Gasteiger partial charge in [-0.15, -0.1) is 0 Å². The van der Waals surface area contributed by atoms with Crippen molar-refractivity contribution < 1.29 is 4.79 Å². The summed E-state index contributed by atoms with van der Waals surface area (Å²) < 4.78 is 0. The Labute approximate surface area is 99.6 Å². The molecule has 2 rings (SSSR count). The number of aromatic nitrogens is 1. The second kappa shape index (κ2) is 5.14. The minimum atomic E-state index is -0.241. The third kappa shape index (κ3) is 2.39. The van der Waals surface area contributed by atoms with E-state index in [1.165, 1.54) is 18.5 Å². The number of aromatic amines is 1. The van der Waals surface area contributed by atoms with Crippen molar-refractivity contribution in [3.63, 3.8) is 0 Å². The summed E-state index contributed by atoms with van der Waals surface area (Å²) in [5.41, 5.74) is 5.63. The van der Waals surface area contributed by atoms with E-state index in [1.54, 1.807) is 4.90 Å². The lowest BCUT2D eigenvalue weighted by molar-refractivity contribution is 0.0621. The molecule has 1 saturated heterocycles. The number of rotatable bonds is 2. The van der Waals surface area contributed by atoms with Crippen molar-refractivity contribution in [3.8, 4) is 0 Å². The van der Waals surface area contributed by atoms with E-state index in [9.17, 15) is 9.59 Å². The third-order valence-corrected chi connectivity index (χ3v) is 3.21. The van der Waals surface area contributed by atoms with Crippen molar-refractivity contribution in [2.75, 3.05) is 13.1 Å². The average molecular weight is 235 g/mol. The van der Waals surface area contributed by atoms with Crippen molar-refractivity contribution in [1.29, 1.82) is 0 Å². The maximum Gasteiger partial charge on any atom is 0.259 e. The number of piperidine rings is 1. The Kier molecular flexibility index (Phi) is 3.58. The Morgan fingerprint density at radius 1 is 1.53 bits per heavy atom. The van der Waals surface area contributed by atoms with Gasteiger partial charge < -0.3 is 15.6 Å². The number of nitrogens with one attached hydrogen (secondary N) is 1. The van der Waals surface area contributed by atoms with E-state index in [0.717, 1.165) is 19.3 Å². The molecular formula is C12H17N3O2. The predicted molar refractivity (Wildman–Crippen MR) is 64.8 cm³/mol. The van der Waals surface area contributed by atoms with Crippen molar-refractivity contribution in [3.05, 3.63) is 34.2 Å². The van der Waals surface area contributed by atoms with Crippen LogP contribution in [0, 0.1) is 0 Å². The molecule has 0 radical (unpaired) electrons. The summed E-state index contributed by atoms with van der Waals surface area (Å²) in [4.78, 5) is 28.3. The molecule has 0 spiro atoms. The van der Waals surface area contributed by atoms with Crippen LogP contribution in [0.4, 0.5) is 0 Å². The van der Waals surface area contributed by atoms with Gasteiger partial charge in [-0.3, -0.25) is 9.59 Å². The Morgan fingerprint density at radius 3 is 3.06 bits per heavy atom. The number of nitrogens with zero attached hydrogens (tertiary/aromatic N) is 1. The molecule has 1 fully saturated rings. The zero-order valence-corrected chi connectivity index (χ0v) is 9.69. The summed E-state index contributed by atoms with van der Waals surface area (Å²) >= 11 is 0. The smallest absolute Gasteiger partial charge is 0.259 e. The van der Waals surface area contributed by atoms with Crippen molar-refractivity contribution in [1.82, 2.24) is 9.88 Å². The van der Waals surface area contributed by atoms with Gasteiger partial charge in [0.15, 0.2) is 5.43 Å². The maximum absolute atomic E-state index is 12.2. The van der Waals surface area contributed by atoms with E-state index in [0.29, 0.717) is 13.1 Å². The fraction of sp³-hybridized carbons (Fsp3) is 0.500. The van der Waals surface area contributed by atoms with Crippen LogP contribution in [0.25, 0.3) is 0 Å². The highest BCUT2D eigenvalue weighted by molar-refractivity contribution is 5.94. The van der Waals surface area contributed by atoms with E-state index < -0.39 is 0 Å². The Morgan fingerprint density at radius 2 is 2.35 bits per heavy atom. The number of pyridine rings is 1. The summed E-state index contributed by atoms with van der Waals surface area (Å²) in [6.45, 7) is 1.14. The SMILES string of the molecule is NCC1CCCCN1C(=O)c1c[nH]ccc1=O. The van der Waals surface area contributed by atoms with Gasteiger partial charge in [0.1, 0.15) is 5.56 Å². The van der Waals surface area contributed by atoms with Gasteiger partial charge in [0, 0.05) is 37.6 Å². The van der Waals surface area contributed by atoms with Crippen LogP contribution >= 0.6 is 0 Å². The first kappa shape index (κ1) is 11.9. The van der Waals surface area contributed by atoms with Crippen LogP contribution in [-0.4, -0.2) is 34.9 Å². The van der Waals surface area contributed by atoms with E-state index in [1.807, 2.05) is 0 Å². The molecule has 0 aliphatic carbocycles. The molecule has 1 amide bonds. The molecule has 5 nitrogen and oxygen atoms in total. The van der Waals surface area contributed by atoms with Gasteiger partial charge in [0.2, 0.25) is 0 Å². The Hall–Kier alpha value is -1.62. The first-order valence-corrected chi connectivity index (χ1v) is 5.92. The quantitative estimate of drug-likeness (QED) is 0.775. The summed E-state index contributed by atoms with van der Waals surface area (Å²) in [5.74, 6) is -0.206. The van der Waals surface area contributed by atoms with Crippen LogP contribution < -0.4 is 11.2 Å². The van der Waals surface area contributed by atoms with Crippen LogP contribution in [0.2, 0.25) is 0 Å². The van der Waals surface area contributed by atoms with Crippen LogP contribution in [0.1, 0.15) is 29.6 Å². The molecule has 0 bridgehead atoms. The number of carbonyl (C=O) groups excluding carboxylic acids is 1. The number of carbonyl (C=O) groups is 1. The van der Waals surface area contributed by atoms with Gasteiger partial charge in [0.05, 0.1) is 0 Å². The van der Waals surface area contributed by atoms with Crippen LogP contribution in [0.5, 0.6) is 0 Å². The van der Waals surface area contributed by atoms with Gasteiger partial charge in [-0.1, -0.05) is 0 Å². The second-order valence-corrected chi connectivity index (χ2v) is 4.31. The highest BCUT2D eigenvalue weighted by atomic mass is 16.2. The monoisotopic (exact) mass is 235 g/mol. The highest BCUT2D eigenvalue weighted by Gasteiger charge is 2.27. The third-order valence-electron chi connectivity index (χ3n) is 3.21. The Balaban J connectivity index is 2.24. The summed E-state index contributed by atoms with van der Waals surface area (Å²) in [5, 5.41) is 0. The predicted octanol–water partition coefficient (Wildman–Crippen LogP) is 0.328. The van der Waals surface area contributed by atoms with Gasteiger partial charge >= 0.3 is 0 Å². The summed E-state index contributed by atoms with van der Waals surface area (Å²) in [6, 6.07) is 1.44. The summed E-state index contributed by atoms with van der Waals surface area (Å²) in [7, 11) is 0. The van der Waals surface area contributed by atoms with Crippen LogP contribution in [0.15, 0.2) is 23.3 Å². The molecule has 1 aliphatic heterocycles. The molecule has 1 aliphatic rings. The highest BCUT2D eigenvalue weighted by Crippen LogP contribution is 2.17. The topological polar surface area (TPSA) is 79.2 Å². The number of hydrogen-bond donors (Lipinski definition) is 2. The van der Waals surface area contributed by atoms with Gasteiger partial charge in [-0.05, 0) is 19.3 Å². The lowest BCUT2D eigenvalue weighted by atomic mass is 10.0. The lowest BCUT2D eigenvalue weighted by Crippen LogP contribution is -2.48. The number of hydrogen-bond acceptors (Lipinski definition) is 3. The zero-order valence-electron chi connectivity index (χ0n) is 9.69. The van der Waals surface area contributed by atoms with Crippen LogP contribution in [0.3, 0.4) is 0 Å². The van der Waals surface area contributed by atoms with Crippen molar-refractivity contribution >= 4 is 5.91 Å². The lowest BCUT2D eigenvalue weighted by Gasteiger charge is -2.34. The standard InChI is InChI=1S/C12H17N3O2/c13-7-9-3-1-2-6-15(9)12(17)10-8-14-5-4-11(10)16/h4-5,8-9H,1-3,6-7,13H2,(H,14,16). The van der Waals surface area contributed by atoms with E-state index in [2.05, 4.69) is 4.98 Å². The normalized spacial score (nSPS) is 20.3. The molecule has 3 N–H and O–H groups in total. The van der Waals surface area contributed by atoms with E-state index >= 15 is 0 Å². The van der Waals surface area contributed by atoms with Crippen LogP contribution in [-0.2, 0) is 0 Å². The first-order valence-electron chi connectivity index (χ1n) is 5.92. The minimum Gasteiger partial charge on any atom is -0.367 e. The number of H-pyrrole nitrogens is 1. The number of amides is 1. The molecule has 0 saturated carbocycles. The summed E-state index contributed by atoms with van der Waals surface area (Å²) in [6.07, 6.45) is 5.99. The molecule has 17 heavy (non-hydrogen) atoms. The molecule has 1 aromatic heterocycles. The molecule has 92 valence electrons. The molecule has 1 atom stereocenters. The van der Waals surface area contributed by atoms with E-state index in [4.69, 9.17) is 5.73 Å². The molecule has 0 aromatic carbocycles. The molecular weight excluding hydrogens is 218 g/mol. The maximum atomic E-state index is 12.2. The van der Waals surface area contributed by atoms with Gasteiger partial charge in [-0.2, -0.15) is 0 Å². The van der Waals surface area contributed by atoms with Gasteiger partial charge in [-0.25, -0.2) is 0 Å². The minimum absolute atomic E-state index is 0.0656. The molecule has 2 heterocycles. The fourth-order valence-electron chi connectivity index (χ4n) is 2.25. The number of nitrogens with two attached hydrogens (primary N) is 1. The fourth-order valence-corrected chi connectivity index (χ4v) is 2.25. The first-order chi connectivity index (χ1) is 8.24. The second-order valence-electron chi connectivity index (χ2n) is 4.31. The largest absolute Gasteiger partial charge is 0.367 e. The Bertz CT molecular complexity index is 455. The van der Waals surface area contributed by atoms with Gasteiger partial charge in [0.25, 0.3) is 5.91 Å². The zero-order chi connectivity index (χ0) is 12.3. The van der Waals surface area contributed by atoms with E-state index in [-0.39, 0.29) is 22.9 Å². The van der Waals surface area contributed by atoms with Crippen molar-refractivity contribution in [2.45, 2.75) is 25.3 Å². The molecule has 5 heteroatoms. The molecule has 1 aromatic rings. The average Bonchev–Trinajstić information content (AvgIpc) is 2.38.